The molecule has 148 valence electrons. The molecule has 0 radical (unpaired) electrons. The predicted octanol–water partition coefficient (Wildman–Crippen LogP) is 0.582. The van der Waals surface area contributed by atoms with Crippen molar-refractivity contribution in [2.75, 3.05) is 13.1 Å². The number of hydrogen-bond acceptors (Lipinski definition) is 6. The Kier molecular flexibility index (Phi) is 5.92. The molecular formula is C18H26N4O4S. The van der Waals surface area contributed by atoms with Crippen LogP contribution < -0.4 is 11.1 Å². The predicted molar refractivity (Wildman–Crippen MR) is 99.2 cm³/mol. The third kappa shape index (κ3) is 4.36. The van der Waals surface area contributed by atoms with E-state index in [-0.39, 0.29) is 29.8 Å². The zero-order chi connectivity index (χ0) is 19.5. The zero-order valence-corrected chi connectivity index (χ0v) is 16.1. The van der Waals surface area contributed by atoms with E-state index in [0.717, 1.165) is 23.6 Å². The summed E-state index contributed by atoms with van der Waals surface area (Å²) in [6.45, 7) is -0.0633. The van der Waals surface area contributed by atoms with Crippen molar-refractivity contribution in [3.63, 3.8) is 0 Å². The lowest BCUT2D eigenvalue weighted by molar-refractivity contribution is -0.131. The number of Topliss-reactive ketones (excluding diaryl/α,β-unsaturated/α-hetero) is 1. The summed E-state index contributed by atoms with van der Waals surface area (Å²) in [5, 5.41) is 2.70. The Balaban J connectivity index is 1.68. The molecule has 1 aliphatic carbocycles. The molecule has 0 unspecified atom stereocenters. The Hall–Kier alpha value is -1.84. The molecule has 0 bridgehead atoms. The largest absolute Gasteiger partial charge is 0.345 e. The lowest BCUT2D eigenvalue weighted by Crippen LogP contribution is -2.58. The maximum Gasteiger partial charge on any atom is 0.260 e. The third-order valence-corrected chi connectivity index (χ3v) is 7.13. The molecule has 1 aliphatic heterocycles. The van der Waals surface area contributed by atoms with E-state index in [1.54, 1.807) is 12.1 Å². The van der Waals surface area contributed by atoms with Crippen LogP contribution in [0.4, 0.5) is 0 Å². The van der Waals surface area contributed by atoms with Crippen molar-refractivity contribution in [1.29, 1.82) is 0 Å². The van der Waals surface area contributed by atoms with Crippen molar-refractivity contribution in [1.82, 2.24) is 14.6 Å². The van der Waals surface area contributed by atoms with E-state index in [1.807, 2.05) is 0 Å². The van der Waals surface area contributed by atoms with Crippen molar-refractivity contribution in [2.45, 2.75) is 61.6 Å². The van der Waals surface area contributed by atoms with Crippen molar-refractivity contribution < 1.29 is 18.0 Å². The van der Waals surface area contributed by atoms with Crippen LogP contribution in [-0.2, 0) is 19.6 Å². The second-order valence-electron chi connectivity index (χ2n) is 7.36. The van der Waals surface area contributed by atoms with Gasteiger partial charge in [-0.25, -0.2) is 13.4 Å². The fourth-order valence-electron chi connectivity index (χ4n) is 3.70. The van der Waals surface area contributed by atoms with Gasteiger partial charge in [0.05, 0.1) is 18.1 Å². The molecule has 8 nitrogen and oxygen atoms in total. The number of nitrogens with two attached hydrogens (primary N) is 1. The Morgan fingerprint density at radius 3 is 2.63 bits per heavy atom. The molecule has 1 aromatic rings. The van der Waals surface area contributed by atoms with Gasteiger partial charge < -0.3 is 11.1 Å². The van der Waals surface area contributed by atoms with Crippen LogP contribution in [0.15, 0.2) is 29.4 Å². The van der Waals surface area contributed by atoms with Gasteiger partial charge in [0.25, 0.3) is 10.0 Å². The molecule has 3 rings (SSSR count). The maximum absolute atomic E-state index is 12.7. The average molecular weight is 394 g/mol. The summed E-state index contributed by atoms with van der Waals surface area (Å²) < 4.78 is 26.6. The number of nitrogens with one attached hydrogen (secondary N) is 1. The van der Waals surface area contributed by atoms with Crippen LogP contribution in [0.3, 0.4) is 0 Å². The Bertz CT molecular complexity index is 791. The topological polar surface area (TPSA) is 122 Å². The van der Waals surface area contributed by atoms with Crippen LogP contribution in [0.2, 0.25) is 0 Å². The van der Waals surface area contributed by atoms with E-state index in [0.29, 0.717) is 25.7 Å². The summed E-state index contributed by atoms with van der Waals surface area (Å²) in [6.07, 6.45) is 6.36. The summed E-state index contributed by atoms with van der Waals surface area (Å²) in [5.41, 5.74) is 5.31. The number of hydrogen-bond donors (Lipinski definition) is 2. The van der Waals surface area contributed by atoms with Gasteiger partial charge in [-0.3, -0.25) is 9.59 Å². The molecule has 0 aromatic carbocycles. The first-order valence-corrected chi connectivity index (χ1v) is 10.8. The van der Waals surface area contributed by atoms with Crippen molar-refractivity contribution in [2.24, 2.45) is 5.73 Å². The lowest BCUT2D eigenvalue weighted by Gasteiger charge is -2.33. The van der Waals surface area contributed by atoms with Crippen LogP contribution in [-0.4, -0.2) is 54.1 Å². The van der Waals surface area contributed by atoms with Crippen molar-refractivity contribution in [3.05, 3.63) is 24.4 Å². The van der Waals surface area contributed by atoms with Gasteiger partial charge in [-0.15, -0.1) is 0 Å². The number of sulfonamides is 1. The van der Waals surface area contributed by atoms with Gasteiger partial charge in [0.2, 0.25) is 5.91 Å². The summed E-state index contributed by atoms with van der Waals surface area (Å²) in [6, 6.07) is 3.92. The van der Waals surface area contributed by atoms with Gasteiger partial charge in [0.15, 0.2) is 10.8 Å². The normalized spacial score (nSPS) is 24.2. The standard InChI is InChI=1S/C18H26N4O4S/c19-18(9-3-1-4-10-18)17(24)21-14-7-6-12-22(13-15(14)23)27(25,26)16-8-2-5-11-20-16/h2,5,8,11,14H,1,3-4,6-7,9-10,12-13,19H2,(H,21,24)/t14-/m1/s1. The molecule has 2 heterocycles. The number of aromatic nitrogens is 1. The van der Waals surface area contributed by atoms with Gasteiger partial charge in [0, 0.05) is 12.7 Å². The molecule has 0 spiro atoms. The molecule has 1 amide bonds. The maximum atomic E-state index is 12.7. The van der Waals surface area contributed by atoms with Gasteiger partial charge in [-0.05, 0) is 37.8 Å². The number of pyridine rings is 1. The quantitative estimate of drug-likeness (QED) is 0.770. The highest BCUT2D eigenvalue weighted by Crippen LogP contribution is 2.26. The minimum atomic E-state index is -3.84. The molecule has 2 fully saturated rings. The van der Waals surface area contributed by atoms with E-state index >= 15 is 0 Å². The SMILES string of the molecule is NC1(C(=O)N[C@@H]2CCCN(S(=O)(=O)c3ccccn3)CC2=O)CCCCC1. The average Bonchev–Trinajstić information content (AvgIpc) is 2.85. The van der Waals surface area contributed by atoms with Gasteiger partial charge >= 0.3 is 0 Å². The number of ketones is 1. The molecule has 1 saturated heterocycles. The summed E-state index contributed by atoms with van der Waals surface area (Å²) in [7, 11) is -3.84. The lowest BCUT2D eigenvalue weighted by atomic mass is 9.81. The number of rotatable bonds is 4. The Labute approximate surface area is 159 Å². The van der Waals surface area contributed by atoms with E-state index < -0.39 is 21.6 Å². The third-order valence-electron chi connectivity index (χ3n) is 5.37. The van der Waals surface area contributed by atoms with Crippen LogP contribution in [0, 0.1) is 0 Å². The number of carbonyl (C=O) groups is 2. The fourth-order valence-corrected chi connectivity index (χ4v) is 5.07. The first kappa shape index (κ1) is 19.9. The Morgan fingerprint density at radius 2 is 1.96 bits per heavy atom. The fraction of sp³-hybridized carbons (Fsp3) is 0.611. The van der Waals surface area contributed by atoms with E-state index in [2.05, 4.69) is 10.3 Å². The van der Waals surface area contributed by atoms with Gasteiger partial charge in [0.1, 0.15) is 0 Å². The molecule has 27 heavy (non-hydrogen) atoms. The molecule has 1 aromatic heterocycles. The van der Waals surface area contributed by atoms with Crippen LogP contribution in [0.1, 0.15) is 44.9 Å². The van der Waals surface area contributed by atoms with E-state index in [1.165, 1.54) is 12.3 Å². The summed E-state index contributed by atoms with van der Waals surface area (Å²) in [5.74, 6) is -0.624. The Morgan fingerprint density at radius 1 is 1.22 bits per heavy atom. The van der Waals surface area contributed by atoms with Crippen LogP contribution >= 0.6 is 0 Å². The minimum Gasteiger partial charge on any atom is -0.345 e. The number of carbonyl (C=O) groups excluding carboxylic acids is 2. The zero-order valence-electron chi connectivity index (χ0n) is 15.3. The summed E-state index contributed by atoms with van der Waals surface area (Å²) >= 11 is 0. The summed E-state index contributed by atoms with van der Waals surface area (Å²) in [4.78, 5) is 29.2. The molecule has 2 aliphatic rings. The minimum absolute atomic E-state index is 0.0802. The van der Waals surface area contributed by atoms with Gasteiger partial charge in [-0.1, -0.05) is 25.3 Å². The first-order valence-electron chi connectivity index (χ1n) is 9.37. The van der Waals surface area contributed by atoms with Crippen LogP contribution in [0.5, 0.6) is 0 Å². The molecule has 3 N–H and O–H groups in total. The highest BCUT2D eigenvalue weighted by Gasteiger charge is 2.39. The highest BCUT2D eigenvalue weighted by atomic mass is 32.2. The molecule has 9 heteroatoms. The highest BCUT2D eigenvalue weighted by molar-refractivity contribution is 7.89. The van der Waals surface area contributed by atoms with Gasteiger partial charge in [-0.2, -0.15) is 4.31 Å². The van der Waals surface area contributed by atoms with Crippen LogP contribution in [0.25, 0.3) is 0 Å². The van der Waals surface area contributed by atoms with E-state index in [9.17, 15) is 18.0 Å². The number of amides is 1. The smallest absolute Gasteiger partial charge is 0.260 e. The molecule has 1 atom stereocenters. The molecule has 1 saturated carbocycles. The second-order valence-corrected chi connectivity index (χ2v) is 9.24. The van der Waals surface area contributed by atoms with Crippen molar-refractivity contribution in [3.8, 4) is 0 Å². The van der Waals surface area contributed by atoms with Crippen molar-refractivity contribution >= 4 is 21.7 Å². The monoisotopic (exact) mass is 394 g/mol. The second kappa shape index (κ2) is 8.04. The first-order chi connectivity index (χ1) is 12.8. The number of nitrogens with zero attached hydrogens (tertiary/aromatic N) is 2. The molecular weight excluding hydrogens is 368 g/mol. The van der Waals surface area contributed by atoms with E-state index in [4.69, 9.17) is 5.73 Å².